The summed E-state index contributed by atoms with van der Waals surface area (Å²) in [7, 11) is 1.30. The van der Waals surface area contributed by atoms with E-state index in [2.05, 4.69) is 20.7 Å². The molecule has 0 amide bonds. The molecule has 0 aliphatic heterocycles. The second-order valence-electron chi connectivity index (χ2n) is 3.73. The van der Waals surface area contributed by atoms with E-state index in [0.29, 0.717) is 16.5 Å². The van der Waals surface area contributed by atoms with E-state index in [1.165, 1.54) is 13.2 Å². The van der Waals surface area contributed by atoms with Crippen molar-refractivity contribution >= 4 is 27.6 Å². The molecule has 0 bridgehead atoms. The maximum atomic E-state index is 11.4. The van der Waals surface area contributed by atoms with Crippen LogP contribution in [0.25, 0.3) is 0 Å². The highest BCUT2D eigenvalue weighted by atomic mass is 79.9. The van der Waals surface area contributed by atoms with Gasteiger partial charge in [0.1, 0.15) is 6.61 Å². The van der Waals surface area contributed by atoms with Crippen molar-refractivity contribution in [2.75, 3.05) is 13.7 Å². The van der Waals surface area contributed by atoms with E-state index in [9.17, 15) is 14.9 Å². The molecule has 0 N–H and O–H groups in total. The van der Waals surface area contributed by atoms with Crippen LogP contribution in [0.5, 0.6) is 5.75 Å². The van der Waals surface area contributed by atoms with Crippen LogP contribution in [0.3, 0.4) is 0 Å². The van der Waals surface area contributed by atoms with Gasteiger partial charge < -0.3 is 9.47 Å². The molecule has 0 spiro atoms. The standard InChI is InChI=1S/C13H14BrNO5/c1-3-9(13(16)19-2)7-8-20-12-10(14)5-4-6-11(12)15(17)18/h4-7H,3,8H2,1-2H3/b9-7-. The fourth-order valence-electron chi connectivity index (χ4n) is 1.51. The normalized spacial score (nSPS) is 11.1. The zero-order chi connectivity index (χ0) is 15.1. The van der Waals surface area contributed by atoms with Gasteiger partial charge in [-0.25, -0.2) is 4.79 Å². The quantitative estimate of drug-likeness (QED) is 0.343. The van der Waals surface area contributed by atoms with Crippen molar-refractivity contribution < 1.29 is 19.2 Å². The van der Waals surface area contributed by atoms with Crippen LogP contribution >= 0.6 is 15.9 Å². The lowest BCUT2D eigenvalue weighted by atomic mass is 10.2. The number of nitrogens with zero attached hydrogens (tertiary/aromatic N) is 1. The smallest absolute Gasteiger partial charge is 0.333 e. The fraction of sp³-hybridized carbons (Fsp3) is 0.308. The number of nitro groups is 1. The summed E-state index contributed by atoms with van der Waals surface area (Å²) >= 11 is 3.20. The predicted molar refractivity (Wildman–Crippen MR) is 76.7 cm³/mol. The van der Waals surface area contributed by atoms with Crippen molar-refractivity contribution in [2.24, 2.45) is 0 Å². The van der Waals surface area contributed by atoms with Gasteiger partial charge in [-0.3, -0.25) is 10.1 Å². The number of carbonyl (C=O) groups is 1. The number of para-hydroxylation sites is 1. The maximum absolute atomic E-state index is 11.4. The molecule has 0 heterocycles. The van der Waals surface area contributed by atoms with Gasteiger partial charge in [-0.1, -0.05) is 13.0 Å². The van der Waals surface area contributed by atoms with Gasteiger partial charge in [-0.05, 0) is 34.5 Å². The minimum Gasteiger partial charge on any atom is -0.482 e. The third kappa shape index (κ3) is 4.06. The Morgan fingerprint density at radius 1 is 1.50 bits per heavy atom. The molecule has 0 unspecified atom stereocenters. The molecule has 0 fully saturated rings. The van der Waals surface area contributed by atoms with Gasteiger partial charge in [-0.15, -0.1) is 0 Å². The zero-order valence-corrected chi connectivity index (χ0v) is 12.7. The van der Waals surface area contributed by atoms with Crippen LogP contribution in [0.2, 0.25) is 0 Å². The Hall–Kier alpha value is -1.89. The van der Waals surface area contributed by atoms with E-state index >= 15 is 0 Å². The lowest BCUT2D eigenvalue weighted by Crippen LogP contribution is -2.06. The van der Waals surface area contributed by atoms with Gasteiger partial charge in [0.25, 0.3) is 0 Å². The molecule has 0 aliphatic rings. The topological polar surface area (TPSA) is 78.7 Å². The van der Waals surface area contributed by atoms with Crippen LogP contribution in [0.4, 0.5) is 5.69 Å². The highest BCUT2D eigenvalue weighted by molar-refractivity contribution is 9.10. The number of nitro benzene ring substituents is 1. The number of rotatable bonds is 6. The van der Waals surface area contributed by atoms with Gasteiger partial charge in [0.05, 0.1) is 16.5 Å². The molecular formula is C13H14BrNO5. The van der Waals surface area contributed by atoms with Crippen molar-refractivity contribution in [3.8, 4) is 5.75 Å². The maximum Gasteiger partial charge on any atom is 0.333 e. The molecule has 0 radical (unpaired) electrons. The Balaban J connectivity index is 2.87. The Morgan fingerprint density at radius 2 is 2.20 bits per heavy atom. The first-order chi connectivity index (χ1) is 9.51. The molecule has 0 aromatic heterocycles. The summed E-state index contributed by atoms with van der Waals surface area (Å²) in [5, 5.41) is 10.9. The van der Waals surface area contributed by atoms with E-state index < -0.39 is 10.9 Å². The number of methoxy groups -OCH3 is 1. The third-order valence-corrected chi connectivity index (χ3v) is 3.15. The van der Waals surface area contributed by atoms with E-state index in [1.807, 2.05) is 6.92 Å². The Kier molecular flexibility index (Phi) is 6.17. The minimum atomic E-state index is -0.523. The van der Waals surface area contributed by atoms with Crippen molar-refractivity contribution in [2.45, 2.75) is 13.3 Å². The number of ether oxygens (including phenoxy) is 2. The van der Waals surface area contributed by atoms with Crippen LogP contribution in [-0.4, -0.2) is 24.6 Å². The molecule has 6 nitrogen and oxygen atoms in total. The van der Waals surface area contributed by atoms with Crippen LogP contribution < -0.4 is 4.74 Å². The predicted octanol–water partition coefficient (Wildman–Crippen LogP) is 3.25. The summed E-state index contributed by atoms with van der Waals surface area (Å²) < 4.78 is 10.5. The van der Waals surface area contributed by atoms with Gasteiger partial charge in [0, 0.05) is 11.6 Å². The SMILES string of the molecule is CC/C(=C/COc1c(Br)cccc1[N+](=O)[O-])C(=O)OC. The first-order valence-corrected chi connectivity index (χ1v) is 6.63. The van der Waals surface area contributed by atoms with Crippen molar-refractivity contribution in [1.29, 1.82) is 0 Å². The summed E-state index contributed by atoms with van der Waals surface area (Å²) in [6.07, 6.45) is 2.04. The van der Waals surface area contributed by atoms with E-state index in [4.69, 9.17) is 4.74 Å². The lowest BCUT2D eigenvalue weighted by Gasteiger charge is -2.07. The molecular weight excluding hydrogens is 330 g/mol. The van der Waals surface area contributed by atoms with Gasteiger partial charge in [0.15, 0.2) is 0 Å². The molecule has 1 rings (SSSR count). The average molecular weight is 344 g/mol. The number of benzene rings is 1. The molecule has 0 saturated carbocycles. The Morgan fingerprint density at radius 3 is 2.75 bits per heavy atom. The molecule has 7 heteroatoms. The van der Waals surface area contributed by atoms with Crippen LogP contribution in [0.15, 0.2) is 34.3 Å². The van der Waals surface area contributed by atoms with Crippen LogP contribution in [0, 0.1) is 10.1 Å². The number of esters is 1. The van der Waals surface area contributed by atoms with Crippen LogP contribution in [0.1, 0.15) is 13.3 Å². The van der Waals surface area contributed by atoms with Crippen molar-refractivity contribution in [3.05, 3.63) is 44.4 Å². The summed E-state index contributed by atoms with van der Waals surface area (Å²) in [6, 6.07) is 4.55. The lowest BCUT2D eigenvalue weighted by molar-refractivity contribution is -0.385. The van der Waals surface area contributed by atoms with Crippen LogP contribution in [-0.2, 0) is 9.53 Å². The molecule has 1 aromatic carbocycles. The number of halogens is 1. The third-order valence-electron chi connectivity index (χ3n) is 2.53. The van der Waals surface area contributed by atoms with E-state index in [1.54, 1.807) is 18.2 Å². The second kappa shape index (κ2) is 7.64. The minimum absolute atomic E-state index is 0.0434. The van der Waals surface area contributed by atoms with Crippen molar-refractivity contribution in [1.82, 2.24) is 0 Å². The van der Waals surface area contributed by atoms with Gasteiger partial charge >= 0.3 is 11.7 Å². The molecule has 20 heavy (non-hydrogen) atoms. The summed E-state index contributed by atoms with van der Waals surface area (Å²) in [5.41, 5.74) is 0.325. The molecule has 0 atom stereocenters. The zero-order valence-electron chi connectivity index (χ0n) is 11.1. The Labute approximate surface area is 124 Å². The molecule has 0 aliphatic carbocycles. The second-order valence-corrected chi connectivity index (χ2v) is 4.59. The van der Waals surface area contributed by atoms with Gasteiger partial charge in [0.2, 0.25) is 5.75 Å². The number of hydrogen-bond acceptors (Lipinski definition) is 5. The van der Waals surface area contributed by atoms with Gasteiger partial charge in [-0.2, -0.15) is 0 Å². The van der Waals surface area contributed by atoms with Crippen molar-refractivity contribution in [3.63, 3.8) is 0 Å². The largest absolute Gasteiger partial charge is 0.482 e. The number of carbonyl (C=O) groups excluding carboxylic acids is 1. The fourth-order valence-corrected chi connectivity index (χ4v) is 1.98. The molecule has 108 valence electrons. The summed E-state index contributed by atoms with van der Waals surface area (Å²) in [5.74, 6) is -0.299. The monoisotopic (exact) mass is 343 g/mol. The first-order valence-electron chi connectivity index (χ1n) is 5.84. The highest BCUT2D eigenvalue weighted by Gasteiger charge is 2.17. The number of hydrogen-bond donors (Lipinski definition) is 0. The first kappa shape index (κ1) is 16.2. The molecule has 0 saturated heterocycles. The Bertz CT molecular complexity index is 542. The van der Waals surface area contributed by atoms with E-state index in [-0.39, 0.29) is 18.0 Å². The van der Waals surface area contributed by atoms with E-state index in [0.717, 1.165) is 0 Å². The molecule has 1 aromatic rings. The summed E-state index contributed by atoms with van der Waals surface area (Å²) in [6.45, 7) is 1.85. The summed E-state index contributed by atoms with van der Waals surface area (Å²) in [4.78, 5) is 21.7. The highest BCUT2D eigenvalue weighted by Crippen LogP contribution is 2.34. The average Bonchev–Trinajstić information content (AvgIpc) is 2.43.